The van der Waals surface area contributed by atoms with E-state index in [-0.39, 0.29) is 29.8 Å². The highest BCUT2D eigenvalue weighted by atomic mass is 16.5. The molecule has 0 radical (unpaired) electrons. The predicted octanol–water partition coefficient (Wildman–Crippen LogP) is 0.904. The van der Waals surface area contributed by atoms with Crippen LogP contribution in [0.1, 0.15) is 37.8 Å². The van der Waals surface area contributed by atoms with Crippen LogP contribution in [0.4, 0.5) is 0 Å². The minimum atomic E-state index is -0.256. The zero-order chi connectivity index (χ0) is 20.1. The molecule has 2 fully saturated rings. The van der Waals surface area contributed by atoms with E-state index in [9.17, 15) is 9.59 Å². The van der Waals surface area contributed by atoms with Crippen LogP contribution in [0, 0.1) is 11.8 Å². The maximum absolute atomic E-state index is 13.0. The molecule has 2 N–H and O–H groups in total. The van der Waals surface area contributed by atoms with Crippen LogP contribution in [0.25, 0.3) is 0 Å². The molecule has 1 saturated carbocycles. The molecule has 2 aromatic rings. The normalized spacial score (nSPS) is 28.8. The second-order valence-electron chi connectivity index (χ2n) is 8.10. The Kier molecular flexibility index (Phi) is 4.35. The molecule has 2 amide bonds. The average Bonchev–Trinajstić information content (AvgIpc) is 3.08. The van der Waals surface area contributed by atoms with E-state index < -0.39 is 0 Å². The molecule has 3 aliphatic rings. The monoisotopic (exact) mass is 390 g/mol. The van der Waals surface area contributed by atoms with Crippen molar-refractivity contribution in [3.8, 4) is 5.75 Å². The van der Waals surface area contributed by atoms with Crippen LogP contribution in [0.15, 0.2) is 42.5 Å². The molecular formula is C22H23BN2O4. The van der Waals surface area contributed by atoms with Crippen LogP contribution in [0.3, 0.4) is 0 Å². The Hall–Kier alpha value is -2.80. The predicted molar refractivity (Wildman–Crippen MR) is 110 cm³/mol. The van der Waals surface area contributed by atoms with Gasteiger partial charge in [0.05, 0.1) is 24.8 Å². The molecule has 148 valence electrons. The van der Waals surface area contributed by atoms with E-state index in [1.807, 2.05) is 32.1 Å². The number of carbonyl (C=O) groups excluding carboxylic acids is 2. The van der Waals surface area contributed by atoms with Gasteiger partial charge in [0, 0.05) is 42.0 Å². The third kappa shape index (κ3) is 3.00. The van der Waals surface area contributed by atoms with E-state index in [4.69, 9.17) is 9.47 Å². The fraction of sp³-hybridized carbons (Fsp3) is 0.364. The highest BCUT2D eigenvalue weighted by molar-refractivity contribution is 6.13. The van der Waals surface area contributed by atoms with Gasteiger partial charge in [-0.3, -0.25) is 9.59 Å². The fourth-order valence-electron chi connectivity index (χ4n) is 4.75. The van der Waals surface area contributed by atoms with Crippen LogP contribution >= 0.6 is 0 Å². The maximum Gasteiger partial charge on any atom is 0.254 e. The molecule has 0 bridgehead atoms. The minimum Gasteiger partial charge on any atom is -0.498 e. The summed E-state index contributed by atoms with van der Waals surface area (Å²) in [5, 5.41) is 5.79. The SMILES string of the molecule is BC1Oc2c(C(=O)NC)cc(C(=O)NC3C4COCC43)cc2C1c1ccccc1. The topological polar surface area (TPSA) is 76.7 Å². The lowest BCUT2D eigenvalue weighted by Crippen LogP contribution is -2.30. The van der Waals surface area contributed by atoms with Gasteiger partial charge in [-0.2, -0.15) is 0 Å². The summed E-state index contributed by atoms with van der Waals surface area (Å²) in [5.41, 5.74) is 2.88. The Morgan fingerprint density at radius 2 is 1.79 bits per heavy atom. The molecule has 1 aliphatic carbocycles. The fourth-order valence-corrected chi connectivity index (χ4v) is 4.75. The van der Waals surface area contributed by atoms with E-state index in [0.29, 0.717) is 41.9 Å². The van der Waals surface area contributed by atoms with Gasteiger partial charge < -0.3 is 20.1 Å². The second-order valence-corrected chi connectivity index (χ2v) is 8.10. The van der Waals surface area contributed by atoms with Crippen LogP contribution in [0.2, 0.25) is 0 Å². The van der Waals surface area contributed by atoms with Gasteiger partial charge in [-0.05, 0) is 17.7 Å². The average molecular weight is 390 g/mol. The summed E-state index contributed by atoms with van der Waals surface area (Å²) < 4.78 is 11.5. The molecular weight excluding hydrogens is 367 g/mol. The molecule has 2 aromatic carbocycles. The van der Waals surface area contributed by atoms with Crippen molar-refractivity contribution in [3.63, 3.8) is 0 Å². The van der Waals surface area contributed by atoms with Gasteiger partial charge in [0.2, 0.25) is 0 Å². The molecule has 0 aromatic heterocycles. The first-order chi connectivity index (χ1) is 14.1. The number of amides is 2. The highest BCUT2D eigenvalue weighted by Gasteiger charge is 2.54. The van der Waals surface area contributed by atoms with Crippen molar-refractivity contribution in [1.29, 1.82) is 0 Å². The Labute approximate surface area is 170 Å². The van der Waals surface area contributed by atoms with Gasteiger partial charge in [-0.15, -0.1) is 0 Å². The molecule has 29 heavy (non-hydrogen) atoms. The second kappa shape index (κ2) is 6.92. The number of benzene rings is 2. The largest absolute Gasteiger partial charge is 0.498 e. The van der Waals surface area contributed by atoms with Gasteiger partial charge >= 0.3 is 0 Å². The zero-order valence-electron chi connectivity index (χ0n) is 16.5. The van der Waals surface area contributed by atoms with Crippen LogP contribution < -0.4 is 15.4 Å². The number of ether oxygens (including phenoxy) is 2. The Morgan fingerprint density at radius 3 is 2.48 bits per heavy atom. The van der Waals surface area contributed by atoms with E-state index in [1.54, 1.807) is 13.1 Å². The van der Waals surface area contributed by atoms with E-state index in [0.717, 1.165) is 11.1 Å². The van der Waals surface area contributed by atoms with Crippen molar-refractivity contribution < 1.29 is 19.1 Å². The smallest absolute Gasteiger partial charge is 0.254 e. The van der Waals surface area contributed by atoms with Gasteiger partial charge in [-0.1, -0.05) is 30.3 Å². The van der Waals surface area contributed by atoms with Gasteiger partial charge in [0.25, 0.3) is 11.8 Å². The summed E-state index contributed by atoms with van der Waals surface area (Å²) in [7, 11) is 3.58. The van der Waals surface area contributed by atoms with Crippen LogP contribution in [-0.4, -0.2) is 52.0 Å². The summed E-state index contributed by atoms with van der Waals surface area (Å²) in [6, 6.07) is 13.6. The quantitative estimate of drug-likeness (QED) is 0.761. The standard InChI is InChI=1S/C22H23BN2O4/c1-24-22(27)14-8-12(21(26)25-18-15-9-28-10-16(15)18)7-13-17(20(23)29-19(13)14)11-5-3-2-4-6-11/h2-8,15-18,20H,9-10,23H2,1H3,(H,24,27)(H,25,26). The van der Waals surface area contributed by atoms with Crippen LogP contribution in [-0.2, 0) is 4.74 Å². The van der Waals surface area contributed by atoms with Gasteiger partial charge in [-0.25, -0.2) is 0 Å². The molecule has 6 nitrogen and oxygen atoms in total. The van der Waals surface area contributed by atoms with E-state index in [2.05, 4.69) is 22.8 Å². The Bertz CT molecular complexity index is 970. The molecule has 2 heterocycles. The summed E-state index contributed by atoms with van der Waals surface area (Å²) in [5.74, 6) is 0.978. The van der Waals surface area contributed by atoms with Gasteiger partial charge in [0.15, 0.2) is 7.85 Å². The van der Waals surface area contributed by atoms with Crippen molar-refractivity contribution in [3.05, 3.63) is 64.7 Å². The number of nitrogens with one attached hydrogen (secondary N) is 2. The lowest BCUT2D eigenvalue weighted by atomic mass is 9.79. The van der Waals surface area contributed by atoms with Crippen molar-refractivity contribution >= 4 is 19.7 Å². The van der Waals surface area contributed by atoms with E-state index in [1.165, 1.54) is 0 Å². The summed E-state index contributed by atoms with van der Waals surface area (Å²) >= 11 is 0. The third-order valence-corrected chi connectivity index (χ3v) is 6.37. The van der Waals surface area contributed by atoms with Crippen molar-refractivity contribution in [2.75, 3.05) is 20.3 Å². The molecule has 7 heteroatoms. The number of hydrogen-bond donors (Lipinski definition) is 2. The third-order valence-electron chi connectivity index (χ3n) is 6.37. The molecule has 2 aliphatic heterocycles. The molecule has 1 saturated heterocycles. The lowest BCUT2D eigenvalue weighted by molar-refractivity contribution is 0.0929. The highest BCUT2D eigenvalue weighted by Crippen LogP contribution is 2.46. The first-order valence-electron chi connectivity index (χ1n) is 10.1. The van der Waals surface area contributed by atoms with Crippen molar-refractivity contribution in [2.24, 2.45) is 11.8 Å². The number of carbonyl (C=O) groups is 2. The van der Waals surface area contributed by atoms with Crippen LogP contribution in [0.5, 0.6) is 5.75 Å². The maximum atomic E-state index is 13.0. The molecule has 5 rings (SSSR count). The summed E-state index contributed by atoms with van der Waals surface area (Å²) in [6.45, 7) is 1.43. The lowest BCUT2D eigenvalue weighted by Gasteiger charge is -2.16. The summed E-state index contributed by atoms with van der Waals surface area (Å²) in [4.78, 5) is 25.5. The number of fused-ring (bicyclic) bond motifs is 2. The Balaban J connectivity index is 1.53. The molecule has 0 spiro atoms. The first-order valence-corrected chi connectivity index (χ1v) is 10.1. The molecule has 4 unspecified atom stereocenters. The zero-order valence-corrected chi connectivity index (χ0v) is 16.5. The minimum absolute atomic E-state index is 0.0314. The van der Waals surface area contributed by atoms with Gasteiger partial charge in [0.1, 0.15) is 5.75 Å². The van der Waals surface area contributed by atoms with E-state index >= 15 is 0 Å². The number of hydrogen-bond acceptors (Lipinski definition) is 4. The first kappa shape index (κ1) is 18.2. The summed E-state index contributed by atoms with van der Waals surface area (Å²) in [6.07, 6.45) is 0. The number of rotatable bonds is 4. The Morgan fingerprint density at radius 1 is 1.07 bits per heavy atom. The van der Waals surface area contributed by atoms with Crippen molar-refractivity contribution in [1.82, 2.24) is 10.6 Å². The van der Waals surface area contributed by atoms with Crippen molar-refractivity contribution in [2.45, 2.75) is 18.0 Å². The molecule has 4 atom stereocenters.